The molecule has 2 aliphatic rings. The number of thiazole rings is 1. The maximum atomic E-state index is 14.5. The maximum Gasteiger partial charge on any atom is 0.317 e. The third-order valence-corrected chi connectivity index (χ3v) is 5.52. The van der Waals surface area contributed by atoms with Gasteiger partial charge in [-0.15, -0.1) is 11.3 Å². The molecular formula is C16H23FN4O2S. The third-order valence-electron chi connectivity index (χ3n) is 4.59. The van der Waals surface area contributed by atoms with Gasteiger partial charge in [0.25, 0.3) is 0 Å². The summed E-state index contributed by atoms with van der Waals surface area (Å²) in [6, 6.07) is -0.236. The Morgan fingerprint density at radius 2 is 2.21 bits per heavy atom. The number of amides is 3. The SMILES string of the molecule is CC(C)C(=O)N1CC(F)(CNC(=O)N2CCC(c3nccs3)C2)C1. The Morgan fingerprint density at radius 1 is 1.46 bits per heavy atom. The number of halogens is 1. The monoisotopic (exact) mass is 354 g/mol. The molecular weight excluding hydrogens is 331 g/mol. The minimum absolute atomic E-state index is 0.0413. The number of alkyl halides is 1. The van der Waals surface area contributed by atoms with E-state index in [9.17, 15) is 14.0 Å². The van der Waals surface area contributed by atoms with Crippen LogP contribution in [0.15, 0.2) is 11.6 Å². The fraction of sp³-hybridized carbons (Fsp3) is 0.688. The van der Waals surface area contributed by atoms with Crippen LogP contribution in [0.3, 0.4) is 0 Å². The predicted molar refractivity (Wildman–Crippen MR) is 89.7 cm³/mol. The molecule has 1 aromatic heterocycles. The molecule has 2 fully saturated rings. The lowest BCUT2D eigenvalue weighted by molar-refractivity contribution is -0.148. The molecule has 3 amide bonds. The van der Waals surface area contributed by atoms with Gasteiger partial charge in [0.2, 0.25) is 5.91 Å². The number of nitrogens with one attached hydrogen (secondary N) is 1. The summed E-state index contributed by atoms with van der Waals surface area (Å²) >= 11 is 1.60. The Bertz CT molecular complexity index is 601. The van der Waals surface area contributed by atoms with Crippen molar-refractivity contribution < 1.29 is 14.0 Å². The first-order chi connectivity index (χ1) is 11.4. The molecule has 132 valence electrons. The summed E-state index contributed by atoms with van der Waals surface area (Å²) in [5, 5.41) is 5.66. The zero-order valence-corrected chi connectivity index (χ0v) is 14.8. The van der Waals surface area contributed by atoms with E-state index in [1.54, 1.807) is 36.3 Å². The number of urea groups is 1. The van der Waals surface area contributed by atoms with Crippen LogP contribution in [0, 0.1) is 5.92 Å². The molecule has 3 heterocycles. The van der Waals surface area contributed by atoms with Gasteiger partial charge in [0.15, 0.2) is 5.67 Å². The molecule has 2 aliphatic heterocycles. The fourth-order valence-corrected chi connectivity index (χ4v) is 3.97. The molecule has 6 nitrogen and oxygen atoms in total. The first-order valence-electron chi connectivity index (χ1n) is 8.28. The molecule has 0 radical (unpaired) electrons. The first-order valence-corrected chi connectivity index (χ1v) is 9.16. The molecule has 1 atom stereocenters. The highest BCUT2D eigenvalue weighted by Crippen LogP contribution is 2.29. The van der Waals surface area contributed by atoms with E-state index in [-0.39, 0.29) is 43.4 Å². The minimum atomic E-state index is -1.51. The second-order valence-corrected chi connectivity index (χ2v) is 7.89. The Balaban J connectivity index is 1.43. The van der Waals surface area contributed by atoms with Crippen LogP contribution < -0.4 is 5.32 Å². The van der Waals surface area contributed by atoms with Crippen molar-refractivity contribution in [2.45, 2.75) is 31.9 Å². The fourth-order valence-electron chi connectivity index (χ4n) is 3.20. The zero-order chi connectivity index (χ0) is 17.3. The highest BCUT2D eigenvalue weighted by atomic mass is 32.1. The van der Waals surface area contributed by atoms with Gasteiger partial charge in [0.05, 0.1) is 24.6 Å². The number of likely N-dealkylation sites (tertiary alicyclic amines) is 2. The standard InChI is InChI=1S/C16H23FN4O2S/c1-11(2)14(22)21-9-16(17,10-21)8-19-15(23)20-5-3-12(7-20)13-18-4-6-24-13/h4,6,11-12H,3,5,7-10H2,1-2H3,(H,19,23). The summed E-state index contributed by atoms with van der Waals surface area (Å²) in [7, 11) is 0. The average molecular weight is 354 g/mol. The highest BCUT2D eigenvalue weighted by molar-refractivity contribution is 7.09. The van der Waals surface area contributed by atoms with Crippen LogP contribution in [0.25, 0.3) is 0 Å². The van der Waals surface area contributed by atoms with Crippen LogP contribution >= 0.6 is 11.3 Å². The van der Waals surface area contributed by atoms with Crippen molar-refractivity contribution in [3.05, 3.63) is 16.6 Å². The van der Waals surface area contributed by atoms with E-state index >= 15 is 0 Å². The highest BCUT2D eigenvalue weighted by Gasteiger charge is 2.46. The minimum Gasteiger partial charge on any atom is -0.336 e. The summed E-state index contributed by atoms with van der Waals surface area (Å²) in [5.41, 5.74) is -1.51. The summed E-state index contributed by atoms with van der Waals surface area (Å²) in [4.78, 5) is 31.5. The van der Waals surface area contributed by atoms with Gasteiger partial charge in [-0.05, 0) is 6.42 Å². The number of rotatable bonds is 4. The molecule has 2 saturated heterocycles. The quantitative estimate of drug-likeness (QED) is 0.897. The van der Waals surface area contributed by atoms with Gasteiger partial charge in [-0.1, -0.05) is 13.8 Å². The lowest BCUT2D eigenvalue weighted by atomic mass is 9.94. The van der Waals surface area contributed by atoms with E-state index in [0.717, 1.165) is 11.4 Å². The van der Waals surface area contributed by atoms with Gasteiger partial charge in [0.1, 0.15) is 0 Å². The van der Waals surface area contributed by atoms with Crippen LogP contribution in [0.1, 0.15) is 31.2 Å². The normalized spacial score (nSPS) is 22.6. The van der Waals surface area contributed by atoms with Crippen LogP contribution in [0.4, 0.5) is 9.18 Å². The van der Waals surface area contributed by atoms with Crippen LogP contribution in [-0.4, -0.2) is 65.1 Å². The molecule has 0 bridgehead atoms. The summed E-state index contributed by atoms with van der Waals surface area (Å²) < 4.78 is 14.5. The van der Waals surface area contributed by atoms with E-state index < -0.39 is 5.67 Å². The lowest BCUT2D eigenvalue weighted by Crippen LogP contribution is -2.66. The lowest BCUT2D eigenvalue weighted by Gasteiger charge is -2.45. The average Bonchev–Trinajstić information content (AvgIpc) is 3.19. The van der Waals surface area contributed by atoms with Crippen LogP contribution in [0.2, 0.25) is 0 Å². The molecule has 1 aromatic rings. The van der Waals surface area contributed by atoms with Gasteiger partial charge in [0, 0.05) is 36.5 Å². The van der Waals surface area contributed by atoms with Crippen molar-refractivity contribution in [3.8, 4) is 0 Å². The Labute approximate surface area is 145 Å². The van der Waals surface area contributed by atoms with Crippen molar-refractivity contribution in [2.24, 2.45) is 5.92 Å². The van der Waals surface area contributed by atoms with Gasteiger partial charge in [-0.2, -0.15) is 0 Å². The number of carbonyl (C=O) groups excluding carboxylic acids is 2. The summed E-state index contributed by atoms with van der Waals surface area (Å²) in [5.74, 6) is 0.106. The molecule has 0 aliphatic carbocycles. The molecule has 0 saturated carbocycles. The molecule has 0 aromatic carbocycles. The van der Waals surface area contributed by atoms with E-state index in [2.05, 4.69) is 10.3 Å². The van der Waals surface area contributed by atoms with Crippen molar-refractivity contribution >= 4 is 23.3 Å². The van der Waals surface area contributed by atoms with Crippen molar-refractivity contribution in [1.82, 2.24) is 20.1 Å². The summed E-state index contributed by atoms with van der Waals surface area (Å²) in [6.45, 7) is 4.96. The second kappa shape index (κ2) is 6.66. The van der Waals surface area contributed by atoms with Crippen LogP contribution in [-0.2, 0) is 4.79 Å². The van der Waals surface area contributed by atoms with Gasteiger partial charge < -0.3 is 15.1 Å². The largest absolute Gasteiger partial charge is 0.336 e. The Hall–Kier alpha value is -1.70. The maximum absolute atomic E-state index is 14.5. The predicted octanol–water partition coefficient (Wildman–Crippen LogP) is 1.85. The molecule has 1 unspecified atom stereocenters. The zero-order valence-electron chi connectivity index (χ0n) is 14.0. The Morgan fingerprint density at radius 3 is 2.83 bits per heavy atom. The topological polar surface area (TPSA) is 65.5 Å². The third kappa shape index (κ3) is 3.53. The van der Waals surface area contributed by atoms with Crippen molar-refractivity contribution in [3.63, 3.8) is 0 Å². The van der Waals surface area contributed by atoms with Gasteiger partial charge in [-0.3, -0.25) is 4.79 Å². The van der Waals surface area contributed by atoms with Crippen molar-refractivity contribution in [2.75, 3.05) is 32.7 Å². The van der Waals surface area contributed by atoms with Crippen LogP contribution in [0.5, 0.6) is 0 Å². The van der Waals surface area contributed by atoms with E-state index in [0.29, 0.717) is 13.1 Å². The molecule has 24 heavy (non-hydrogen) atoms. The number of carbonyl (C=O) groups is 2. The number of nitrogens with zero attached hydrogens (tertiary/aromatic N) is 3. The smallest absolute Gasteiger partial charge is 0.317 e. The second-order valence-electron chi connectivity index (χ2n) is 6.96. The summed E-state index contributed by atoms with van der Waals surface area (Å²) in [6.07, 6.45) is 2.66. The molecule has 0 spiro atoms. The van der Waals surface area contributed by atoms with Gasteiger partial charge in [-0.25, -0.2) is 14.2 Å². The van der Waals surface area contributed by atoms with E-state index in [4.69, 9.17) is 0 Å². The molecule has 3 rings (SSSR count). The number of hydrogen-bond donors (Lipinski definition) is 1. The number of hydrogen-bond acceptors (Lipinski definition) is 4. The van der Waals surface area contributed by atoms with E-state index in [1.165, 1.54) is 4.90 Å². The van der Waals surface area contributed by atoms with Gasteiger partial charge >= 0.3 is 6.03 Å². The van der Waals surface area contributed by atoms with Crippen molar-refractivity contribution in [1.29, 1.82) is 0 Å². The Kier molecular flexibility index (Phi) is 4.76. The first kappa shape index (κ1) is 17.1. The molecule has 8 heteroatoms. The van der Waals surface area contributed by atoms with E-state index in [1.807, 2.05) is 5.38 Å². The number of aromatic nitrogens is 1. The molecule has 1 N–H and O–H groups in total.